The highest BCUT2D eigenvalue weighted by Gasteiger charge is 2.30. The fraction of sp³-hybridized carbons (Fsp3) is 0.438. The van der Waals surface area contributed by atoms with Crippen LogP contribution < -0.4 is 0 Å². The molecule has 0 radical (unpaired) electrons. The molecule has 2 rings (SSSR count). The third-order valence-corrected chi connectivity index (χ3v) is 3.81. The van der Waals surface area contributed by atoms with E-state index in [9.17, 15) is 14.4 Å². The number of esters is 2. The summed E-state index contributed by atoms with van der Waals surface area (Å²) >= 11 is 0. The lowest BCUT2D eigenvalue weighted by Crippen LogP contribution is -2.43. The SMILES string of the molecule is COC(=O)c1ccccc1C(=O)N1CCCC(C(=O)OC)C1. The van der Waals surface area contributed by atoms with Gasteiger partial charge in [-0.25, -0.2) is 4.79 Å². The Bertz CT molecular complexity index is 584. The van der Waals surface area contributed by atoms with Crippen LogP contribution in [-0.2, 0) is 14.3 Å². The van der Waals surface area contributed by atoms with Crippen LogP contribution in [0, 0.1) is 5.92 Å². The quantitative estimate of drug-likeness (QED) is 0.791. The van der Waals surface area contributed by atoms with E-state index in [1.165, 1.54) is 14.2 Å². The van der Waals surface area contributed by atoms with Crippen LogP contribution in [-0.4, -0.2) is 50.1 Å². The summed E-state index contributed by atoms with van der Waals surface area (Å²) in [6, 6.07) is 6.52. The zero-order valence-electron chi connectivity index (χ0n) is 12.7. The van der Waals surface area contributed by atoms with E-state index >= 15 is 0 Å². The van der Waals surface area contributed by atoms with Crippen molar-refractivity contribution in [2.75, 3.05) is 27.3 Å². The first-order valence-corrected chi connectivity index (χ1v) is 7.13. The molecule has 6 heteroatoms. The summed E-state index contributed by atoms with van der Waals surface area (Å²) in [5, 5.41) is 0. The first kappa shape index (κ1) is 16.0. The summed E-state index contributed by atoms with van der Waals surface area (Å²) in [5.74, 6) is -1.44. The minimum Gasteiger partial charge on any atom is -0.469 e. The lowest BCUT2D eigenvalue weighted by Gasteiger charge is -2.31. The molecule has 118 valence electrons. The number of methoxy groups -OCH3 is 2. The Morgan fingerprint density at radius 1 is 1.09 bits per heavy atom. The van der Waals surface area contributed by atoms with Crippen molar-refractivity contribution in [3.8, 4) is 0 Å². The number of nitrogens with zero attached hydrogens (tertiary/aromatic N) is 1. The van der Waals surface area contributed by atoms with Crippen molar-refractivity contribution >= 4 is 17.8 Å². The number of ether oxygens (including phenoxy) is 2. The molecule has 0 aliphatic carbocycles. The molecule has 1 aromatic rings. The predicted octanol–water partition coefficient (Wildman–Crippen LogP) is 1.50. The van der Waals surface area contributed by atoms with Gasteiger partial charge in [0.05, 0.1) is 31.3 Å². The van der Waals surface area contributed by atoms with E-state index in [1.54, 1.807) is 29.2 Å². The van der Waals surface area contributed by atoms with Gasteiger partial charge in [-0.15, -0.1) is 0 Å². The van der Waals surface area contributed by atoms with Crippen molar-refractivity contribution < 1.29 is 23.9 Å². The Morgan fingerprint density at radius 3 is 2.41 bits per heavy atom. The molecule has 22 heavy (non-hydrogen) atoms. The molecule has 1 unspecified atom stereocenters. The molecule has 1 heterocycles. The van der Waals surface area contributed by atoms with E-state index in [1.807, 2.05) is 0 Å². The van der Waals surface area contributed by atoms with Crippen LogP contribution in [0.15, 0.2) is 24.3 Å². The molecule has 0 saturated carbocycles. The highest BCUT2D eigenvalue weighted by molar-refractivity contribution is 6.05. The molecule has 1 aliphatic rings. The Kier molecular flexibility index (Phi) is 5.14. The first-order chi connectivity index (χ1) is 10.6. The Labute approximate surface area is 129 Å². The van der Waals surface area contributed by atoms with Crippen LogP contribution in [0.1, 0.15) is 33.6 Å². The fourth-order valence-corrected chi connectivity index (χ4v) is 2.65. The van der Waals surface area contributed by atoms with Gasteiger partial charge in [-0.1, -0.05) is 12.1 Å². The maximum absolute atomic E-state index is 12.7. The van der Waals surface area contributed by atoms with Gasteiger partial charge in [0.1, 0.15) is 0 Å². The molecule has 0 N–H and O–H groups in total. The normalized spacial score (nSPS) is 17.7. The number of piperidine rings is 1. The van der Waals surface area contributed by atoms with Crippen molar-refractivity contribution in [1.29, 1.82) is 0 Å². The molecule has 0 bridgehead atoms. The zero-order chi connectivity index (χ0) is 16.1. The Morgan fingerprint density at radius 2 is 1.77 bits per heavy atom. The maximum Gasteiger partial charge on any atom is 0.338 e. The van der Waals surface area contributed by atoms with Crippen molar-refractivity contribution in [3.63, 3.8) is 0 Å². The number of hydrogen-bond acceptors (Lipinski definition) is 5. The van der Waals surface area contributed by atoms with Crippen molar-refractivity contribution in [2.45, 2.75) is 12.8 Å². The van der Waals surface area contributed by atoms with E-state index in [2.05, 4.69) is 0 Å². The zero-order valence-corrected chi connectivity index (χ0v) is 12.7. The van der Waals surface area contributed by atoms with Gasteiger partial charge in [0.2, 0.25) is 0 Å². The summed E-state index contributed by atoms with van der Waals surface area (Å²) in [7, 11) is 2.62. The molecule has 1 saturated heterocycles. The highest BCUT2D eigenvalue weighted by Crippen LogP contribution is 2.21. The summed E-state index contributed by atoms with van der Waals surface area (Å²) in [5.41, 5.74) is 0.523. The Hall–Kier alpha value is -2.37. The number of benzene rings is 1. The van der Waals surface area contributed by atoms with Crippen LogP contribution in [0.25, 0.3) is 0 Å². The van der Waals surface area contributed by atoms with Crippen molar-refractivity contribution in [2.24, 2.45) is 5.92 Å². The number of rotatable bonds is 3. The fourth-order valence-electron chi connectivity index (χ4n) is 2.65. The number of carbonyl (C=O) groups is 3. The van der Waals surface area contributed by atoms with Gasteiger partial charge in [-0.2, -0.15) is 0 Å². The van der Waals surface area contributed by atoms with Crippen LogP contribution in [0.3, 0.4) is 0 Å². The molecular weight excluding hydrogens is 286 g/mol. The second-order valence-corrected chi connectivity index (χ2v) is 5.15. The summed E-state index contributed by atoms with van der Waals surface area (Å²) in [6.45, 7) is 0.864. The standard InChI is InChI=1S/C16H19NO5/c1-21-15(19)11-6-5-9-17(10-11)14(18)12-7-3-4-8-13(12)16(20)22-2/h3-4,7-8,11H,5-6,9-10H2,1-2H3. The van der Waals surface area contributed by atoms with Crippen LogP contribution >= 0.6 is 0 Å². The molecule has 1 fully saturated rings. The van der Waals surface area contributed by atoms with Gasteiger partial charge in [-0.05, 0) is 25.0 Å². The number of carbonyl (C=O) groups excluding carboxylic acids is 3. The van der Waals surface area contributed by atoms with Gasteiger partial charge < -0.3 is 14.4 Å². The van der Waals surface area contributed by atoms with Crippen molar-refractivity contribution in [1.82, 2.24) is 4.90 Å². The molecule has 1 atom stereocenters. The van der Waals surface area contributed by atoms with Gasteiger partial charge in [0, 0.05) is 13.1 Å². The van der Waals surface area contributed by atoms with E-state index < -0.39 is 5.97 Å². The van der Waals surface area contributed by atoms with Gasteiger partial charge in [0.15, 0.2) is 0 Å². The van der Waals surface area contributed by atoms with Gasteiger partial charge >= 0.3 is 11.9 Å². The minimum atomic E-state index is -0.550. The lowest BCUT2D eigenvalue weighted by atomic mass is 9.97. The molecular formula is C16H19NO5. The third kappa shape index (κ3) is 3.27. The lowest BCUT2D eigenvalue weighted by molar-refractivity contribution is -0.146. The minimum absolute atomic E-state index is 0.232. The number of amides is 1. The number of hydrogen-bond donors (Lipinski definition) is 0. The van der Waals surface area contributed by atoms with Crippen LogP contribution in [0.4, 0.5) is 0 Å². The topological polar surface area (TPSA) is 72.9 Å². The molecule has 0 aromatic heterocycles. The van der Waals surface area contributed by atoms with E-state index in [0.717, 1.165) is 6.42 Å². The molecule has 1 amide bonds. The molecule has 1 aliphatic heterocycles. The van der Waals surface area contributed by atoms with E-state index in [0.29, 0.717) is 25.1 Å². The second kappa shape index (κ2) is 7.06. The first-order valence-electron chi connectivity index (χ1n) is 7.13. The van der Waals surface area contributed by atoms with Gasteiger partial charge in [0.25, 0.3) is 5.91 Å². The summed E-state index contributed by atoms with van der Waals surface area (Å²) in [4.78, 5) is 37.7. The van der Waals surface area contributed by atoms with E-state index in [-0.39, 0.29) is 23.4 Å². The van der Waals surface area contributed by atoms with Crippen LogP contribution in [0.5, 0.6) is 0 Å². The van der Waals surface area contributed by atoms with Gasteiger partial charge in [-0.3, -0.25) is 9.59 Å². The smallest absolute Gasteiger partial charge is 0.338 e. The second-order valence-electron chi connectivity index (χ2n) is 5.15. The van der Waals surface area contributed by atoms with E-state index in [4.69, 9.17) is 9.47 Å². The highest BCUT2D eigenvalue weighted by atomic mass is 16.5. The van der Waals surface area contributed by atoms with Crippen LogP contribution in [0.2, 0.25) is 0 Å². The Balaban J connectivity index is 2.21. The maximum atomic E-state index is 12.7. The molecule has 0 spiro atoms. The predicted molar refractivity (Wildman–Crippen MR) is 78.4 cm³/mol. The molecule has 1 aromatic carbocycles. The largest absolute Gasteiger partial charge is 0.469 e. The summed E-state index contributed by atoms with van der Waals surface area (Å²) in [6.07, 6.45) is 1.43. The average molecular weight is 305 g/mol. The van der Waals surface area contributed by atoms with Crippen molar-refractivity contribution in [3.05, 3.63) is 35.4 Å². The third-order valence-electron chi connectivity index (χ3n) is 3.81. The number of likely N-dealkylation sites (tertiary alicyclic amines) is 1. The average Bonchev–Trinajstić information content (AvgIpc) is 2.59. The molecule has 6 nitrogen and oxygen atoms in total. The monoisotopic (exact) mass is 305 g/mol. The summed E-state index contributed by atoms with van der Waals surface area (Å²) < 4.78 is 9.46.